The zero-order valence-electron chi connectivity index (χ0n) is 12.7. The molecule has 1 unspecified atom stereocenters. The van der Waals surface area contributed by atoms with Gasteiger partial charge < -0.3 is 15.2 Å². The molecule has 0 aromatic carbocycles. The highest BCUT2D eigenvalue weighted by Gasteiger charge is 2.26. The number of halogens is 1. The molecule has 1 amide bonds. The first-order valence-corrected chi connectivity index (χ1v) is 7.21. The molecule has 118 valence electrons. The first-order chi connectivity index (χ1) is 9.51. The van der Waals surface area contributed by atoms with Gasteiger partial charge in [0, 0.05) is 13.5 Å². The number of carbonyl (C=O) groups excluding carboxylic acids is 1. The molecule has 0 aliphatic rings. The zero-order valence-corrected chi connectivity index (χ0v) is 14.3. The zero-order chi connectivity index (χ0) is 16.4. The topological polar surface area (TPSA) is 93.5 Å². The van der Waals surface area contributed by atoms with Crippen molar-refractivity contribution in [1.82, 2.24) is 15.1 Å². The number of aliphatic carboxylic acids is 1. The van der Waals surface area contributed by atoms with Crippen molar-refractivity contribution in [3.05, 3.63) is 15.9 Å². The number of nitrogens with one attached hydrogen (secondary N) is 1. The van der Waals surface area contributed by atoms with E-state index in [0.717, 1.165) is 10.2 Å². The number of hydrogen-bond acceptors (Lipinski definition) is 4. The average Bonchev–Trinajstić information content (AvgIpc) is 2.52. The lowest BCUT2D eigenvalue weighted by atomic mass is 10.1. The third-order valence-corrected chi connectivity index (χ3v) is 3.68. The highest BCUT2D eigenvalue weighted by molar-refractivity contribution is 9.10. The van der Waals surface area contributed by atoms with Gasteiger partial charge in [-0.1, -0.05) is 0 Å². The minimum absolute atomic E-state index is 0.104. The predicted molar refractivity (Wildman–Crippen MR) is 80.1 cm³/mol. The lowest BCUT2D eigenvalue weighted by molar-refractivity contribution is -0.139. The number of aryl methyl sites for hydroxylation is 2. The van der Waals surface area contributed by atoms with Crippen molar-refractivity contribution in [2.45, 2.75) is 45.8 Å². The van der Waals surface area contributed by atoms with Crippen molar-refractivity contribution < 1.29 is 19.4 Å². The fourth-order valence-electron chi connectivity index (χ4n) is 1.75. The summed E-state index contributed by atoms with van der Waals surface area (Å²) in [5.74, 6) is -1.13. The number of carboxylic acids is 1. The summed E-state index contributed by atoms with van der Waals surface area (Å²) in [6.45, 7) is 6.95. The minimum Gasteiger partial charge on any atom is -0.480 e. The molecule has 0 aliphatic heterocycles. The molecule has 7 nitrogen and oxygen atoms in total. The Balaban J connectivity index is 2.84. The predicted octanol–water partition coefficient (Wildman–Crippen LogP) is 2.01. The molecule has 1 aromatic heterocycles. The van der Waals surface area contributed by atoms with Crippen molar-refractivity contribution in [2.75, 3.05) is 0 Å². The minimum atomic E-state index is -1.13. The molecule has 0 fully saturated rings. The smallest absolute Gasteiger partial charge is 0.408 e. The number of carboxylic acid groups (broad SMARTS) is 1. The van der Waals surface area contributed by atoms with E-state index in [4.69, 9.17) is 4.74 Å². The first-order valence-electron chi connectivity index (χ1n) is 6.41. The number of alkyl carbamates (subject to hydrolysis) is 1. The number of hydrogen-bond donors (Lipinski definition) is 2. The van der Waals surface area contributed by atoms with Gasteiger partial charge in [0.25, 0.3) is 0 Å². The lowest BCUT2D eigenvalue weighted by Crippen LogP contribution is -2.45. The molecule has 1 rings (SSSR count). The molecule has 0 saturated carbocycles. The van der Waals surface area contributed by atoms with Gasteiger partial charge in [0.1, 0.15) is 11.6 Å². The van der Waals surface area contributed by atoms with Crippen molar-refractivity contribution in [1.29, 1.82) is 0 Å². The van der Waals surface area contributed by atoms with Crippen molar-refractivity contribution in [2.24, 2.45) is 7.05 Å². The fourth-order valence-corrected chi connectivity index (χ4v) is 2.24. The normalized spacial score (nSPS) is 12.9. The van der Waals surface area contributed by atoms with Crippen LogP contribution in [-0.2, 0) is 23.0 Å². The van der Waals surface area contributed by atoms with Crippen LogP contribution in [0.25, 0.3) is 0 Å². The summed E-state index contributed by atoms with van der Waals surface area (Å²) in [6, 6.07) is -1.09. The summed E-state index contributed by atoms with van der Waals surface area (Å²) in [4.78, 5) is 23.0. The molecule has 0 bridgehead atoms. The Bertz CT molecular complexity index is 548. The Morgan fingerprint density at radius 2 is 2.05 bits per heavy atom. The quantitative estimate of drug-likeness (QED) is 0.855. The number of nitrogens with zero attached hydrogens (tertiary/aromatic N) is 2. The Kier molecular flexibility index (Phi) is 5.38. The van der Waals surface area contributed by atoms with Gasteiger partial charge >= 0.3 is 12.1 Å². The van der Waals surface area contributed by atoms with E-state index in [-0.39, 0.29) is 6.42 Å². The van der Waals surface area contributed by atoms with Crippen LogP contribution in [0.1, 0.15) is 32.2 Å². The summed E-state index contributed by atoms with van der Waals surface area (Å²) < 4.78 is 7.40. The van der Waals surface area contributed by atoms with Gasteiger partial charge in [-0.15, -0.1) is 0 Å². The Labute approximate surface area is 131 Å². The van der Waals surface area contributed by atoms with Crippen LogP contribution >= 0.6 is 15.9 Å². The Morgan fingerprint density at radius 3 is 2.43 bits per heavy atom. The Morgan fingerprint density at radius 1 is 1.48 bits per heavy atom. The fraction of sp³-hybridized carbons (Fsp3) is 0.615. The second-order valence-electron chi connectivity index (χ2n) is 5.71. The number of amides is 1. The molecule has 0 saturated heterocycles. The average molecular weight is 362 g/mol. The SMILES string of the molecule is Cc1nn(C)c(CC(NC(=O)OC(C)(C)C)C(=O)O)c1Br. The van der Waals surface area contributed by atoms with Crippen molar-refractivity contribution in [3.8, 4) is 0 Å². The van der Waals surface area contributed by atoms with Crippen LogP contribution in [0.3, 0.4) is 0 Å². The summed E-state index contributed by atoms with van der Waals surface area (Å²) in [5, 5.41) is 15.8. The third kappa shape index (κ3) is 5.04. The van der Waals surface area contributed by atoms with Gasteiger partial charge in [-0.05, 0) is 43.6 Å². The van der Waals surface area contributed by atoms with E-state index in [2.05, 4.69) is 26.3 Å². The number of ether oxygens (including phenoxy) is 1. The molecule has 0 radical (unpaired) electrons. The molecule has 21 heavy (non-hydrogen) atoms. The maximum absolute atomic E-state index is 11.7. The van der Waals surface area contributed by atoms with Crippen LogP contribution in [0.4, 0.5) is 4.79 Å². The van der Waals surface area contributed by atoms with E-state index in [9.17, 15) is 14.7 Å². The van der Waals surface area contributed by atoms with E-state index in [1.54, 1.807) is 32.5 Å². The summed E-state index contributed by atoms with van der Waals surface area (Å²) in [6.07, 6.45) is -0.656. The molecular weight excluding hydrogens is 342 g/mol. The van der Waals surface area contributed by atoms with Crippen LogP contribution in [0.15, 0.2) is 4.47 Å². The van der Waals surface area contributed by atoms with Crippen LogP contribution < -0.4 is 5.32 Å². The van der Waals surface area contributed by atoms with E-state index in [1.807, 2.05) is 6.92 Å². The molecule has 0 spiro atoms. The molecular formula is C13H20BrN3O4. The maximum atomic E-state index is 11.7. The molecule has 2 N–H and O–H groups in total. The maximum Gasteiger partial charge on any atom is 0.408 e. The van der Waals surface area contributed by atoms with Crippen molar-refractivity contribution >= 4 is 28.0 Å². The third-order valence-electron chi connectivity index (χ3n) is 2.65. The van der Waals surface area contributed by atoms with Crippen molar-refractivity contribution in [3.63, 3.8) is 0 Å². The number of carbonyl (C=O) groups is 2. The van der Waals surface area contributed by atoms with Gasteiger partial charge in [-0.2, -0.15) is 5.10 Å². The summed E-state index contributed by atoms with van der Waals surface area (Å²) >= 11 is 3.37. The second kappa shape index (κ2) is 6.46. The summed E-state index contributed by atoms with van der Waals surface area (Å²) in [5.41, 5.74) is 0.765. The molecule has 1 aromatic rings. The van der Waals surface area contributed by atoms with Gasteiger partial charge in [0.2, 0.25) is 0 Å². The van der Waals surface area contributed by atoms with E-state index >= 15 is 0 Å². The molecule has 8 heteroatoms. The molecule has 1 atom stereocenters. The van der Waals surface area contributed by atoms with Gasteiger partial charge in [-0.25, -0.2) is 9.59 Å². The standard InChI is InChI=1S/C13H20BrN3O4/c1-7-10(14)9(17(5)16-7)6-8(11(18)19)15-12(20)21-13(2,3)4/h8H,6H2,1-5H3,(H,15,20)(H,18,19). The first kappa shape index (κ1) is 17.5. The number of aromatic nitrogens is 2. The molecule has 0 aliphatic carbocycles. The highest BCUT2D eigenvalue weighted by Crippen LogP contribution is 2.21. The van der Waals surface area contributed by atoms with E-state index in [1.165, 1.54) is 0 Å². The number of rotatable bonds is 4. The monoisotopic (exact) mass is 361 g/mol. The lowest BCUT2D eigenvalue weighted by Gasteiger charge is -2.22. The van der Waals surface area contributed by atoms with E-state index < -0.39 is 23.7 Å². The van der Waals surface area contributed by atoms with Crippen LogP contribution in [0, 0.1) is 6.92 Å². The van der Waals surface area contributed by atoms with Gasteiger partial charge in [0.15, 0.2) is 0 Å². The second-order valence-corrected chi connectivity index (χ2v) is 6.50. The molecule has 1 heterocycles. The van der Waals surface area contributed by atoms with Crippen LogP contribution in [0.2, 0.25) is 0 Å². The van der Waals surface area contributed by atoms with Crippen LogP contribution in [0.5, 0.6) is 0 Å². The van der Waals surface area contributed by atoms with Crippen LogP contribution in [-0.4, -0.2) is 38.6 Å². The van der Waals surface area contributed by atoms with Gasteiger partial charge in [-0.3, -0.25) is 4.68 Å². The largest absolute Gasteiger partial charge is 0.480 e. The Hall–Kier alpha value is -1.57. The highest BCUT2D eigenvalue weighted by atomic mass is 79.9. The van der Waals surface area contributed by atoms with Gasteiger partial charge in [0.05, 0.1) is 15.9 Å². The summed E-state index contributed by atoms with van der Waals surface area (Å²) in [7, 11) is 1.72. The van der Waals surface area contributed by atoms with E-state index in [0.29, 0.717) is 5.69 Å².